The summed E-state index contributed by atoms with van der Waals surface area (Å²) in [6.45, 7) is 2.35. The molecule has 1 aromatic heterocycles. The van der Waals surface area contributed by atoms with Gasteiger partial charge in [0.25, 0.3) is 0 Å². The fourth-order valence-corrected chi connectivity index (χ4v) is 3.20. The van der Waals surface area contributed by atoms with Crippen molar-refractivity contribution in [3.8, 4) is 11.8 Å². The van der Waals surface area contributed by atoms with E-state index in [4.69, 9.17) is 33.2 Å². The van der Waals surface area contributed by atoms with Crippen molar-refractivity contribution in [2.45, 2.75) is 25.9 Å². The molecule has 5 heteroatoms. The summed E-state index contributed by atoms with van der Waals surface area (Å²) < 4.78 is 5.88. The number of hydrogen-bond acceptors (Lipinski definition) is 2. The number of aromatic amines is 1. The Kier molecular flexibility index (Phi) is 4.99. The average Bonchev–Trinajstić information content (AvgIpc) is 2.98. The molecule has 3 aromatic rings. The molecule has 3 nitrogen and oxygen atoms in total. The average molecular weight is 359 g/mol. The Balaban J connectivity index is 1.85. The highest BCUT2D eigenvalue weighted by molar-refractivity contribution is 6.35. The minimum Gasteiger partial charge on any atom is -0.489 e. The van der Waals surface area contributed by atoms with Crippen molar-refractivity contribution in [2.75, 3.05) is 0 Å². The zero-order valence-corrected chi connectivity index (χ0v) is 14.7. The first kappa shape index (κ1) is 16.7. The Morgan fingerprint density at radius 2 is 1.96 bits per heavy atom. The molecule has 1 heterocycles. The normalized spacial score (nSPS) is 12.1. The Bertz CT molecular complexity index is 891. The third-order valence-corrected chi connectivity index (χ3v) is 4.77. The summed E-state index contributed by atoms with van der Waals surface area (Å²) in [5, 5.41) is 11.2. The summed E-state index contributed by atoms with van der Waals surface area (Å²) in [5.74, 6) is 0.903. The van der Waals surface area contributed by atoms with Gasteiger partial charge in [-0.2, -0.15) is 5.26 Å². The number of fused-ring (bicyclic) bond motifs is 1. The quantitative estimate of drug-likeness (QED) is 0.601. The molecule has 0 amide bonds. The lowest BCUT2D eigenvalue weighted by atomic mass is 9.98. The smallest absolute Gasteiger partial charge is 0.120 e. The zero-order chi connectivity index (χ0) is 17.1. The van der Waals surface area contributed by atoms with Gasteiger partial charge in [0.15, 0.2) is 0 Å². The van der Waals surface area contributed by atoms with Gasteiger partial charge in [0.05, 0.1) is 6.07 Å². The highest BCUT2D eigenvalue weighted by Gasteiger charge is 2.12. The highest BCUT2D eigenvalue weighted by Crippen LogP contribution is 2.31. The number of nitriles is 1. The Labute approximate surface area is 150 Å². The number of nitrogens with zero attached hydrogens (tertiary/aromatic N) is 1. The molecular weight excluding hydrogens is 343 g/mol. The van der Waals surface area contributed by atoms with Crippen LogP contribution in [0.2, 0.25) is 10.0 Å². The van der Waals surface area contributed by atoms with Crippen molar-refractivity contribution in [3.05, 3.63) is 63.8 Å². The van der Waals surface area contributed by atoms with Crippen LogP contribution in [0.4, 0.5) is 0 Å². The molecule has 0 aliphatic carbocycles. The second-order valence-corrected chi connectivity index (χ2v) is 6.52. The van der Waals surface area contributed by atoms with Gasteiger partial charge in [-0.3, -0.25) is 0 Å². The van der Waals surface area contributed by atoms with Crippen LogP contribution in [0.3, 0.4) is 0 Å². The number of nitrogens with one attached hydrogen (secondary N) is 1. The molecule has 1 atom stereocenters. The van der Waals surface area contributed by atoms with E-state index in [9.17, 15) is 0 Å². The van der Waals surface area contributed by atoms with Crippen molar-refractivity contribution >= 4 is 34.1 Å². The van der Waals surface area contributed by atoms with Gasteiger partial charge in [-0.25, -0.2) is 0 Å². The largest absolute Gasteiger partial charge is 0.489 e. The lowest BCUT2D eigenvalue weighted by Gasteiger charge is -2.10. The van der Waals surface area contributed by atoms with Crippen molar-refractivity contribution in [1.29, 1.82) is 5.26 Å². The minimum atomic E-state index is 0.164. The number of rotatable bonds is 5. The van der Waals surface area contributed by atoms with Crippen LogP contribution in [-0.2, 0) is 6.61 Å². The number of hydrogen-bond donors (Lipinski definition) is 1. The SMILES string of the molecule is CC(CC#N)c1c[nH]c2ccc(OCc3c(Cl)cccc3Cl)cc12. The Morgan fingerprint density at radius 1 is 1.21 bits per heavy atom. The second-order valence-electron chi connectivity index (χ2n) is 5.70. The molecule has 0 fully saturated rings. The van der Waals surface area contributed by atoms with Crippen LogP contribution in [0.25, 0.3) is 10.9 Å². The van der Waals surface area contributed by atoms with E-state index in [-0.39, 0.29) is 5.92 Å². The van der Waals surface area contributed by atoms with Crippen molar-refractivity contribution in [3.63, 3.8) is 0 Å². The molecule has 0 saturated carbocycles. The first-order valence-corrected chi connectivity index (χ1v) is 8.39. The maximum absolute atomic E-state index is 8.91. The number of benzene rings is 2. The highest BCUT2D eigenvalue weighted by atomic mass is 35.5. The Morgan fingerprint density at radius 3 is 2.67 bits per heavy atom. The fourth-order valence-electron chi connectivity index (χ4n) is 2.69. The monoisotopic (exact) mass is 358 g/mol. The van der Waals surface area contributed by atoms with Gasteiger partial charge < -0.3 is 9.72 Å². The van der Waals surface area contributed by atoms with Crippen LogP contribution >= 0.6 is 23.2 Å². The molecule has 0 radical (unpaired) electrons. The van der Waals surface area contributed by atoms with E-state index in [1.165, 1.54) is 0 Å². The third-order valence-electron chi connectivity index (χ3n) is 4.06. The molecular formula is C19H16Cl2N2O. The van der Waals surface area contributed by atoms with Gasteiger partial charge >= 0.3 is 0 Å². The van der Waals surface area contributed by atoms with E-state index in [0.717, 1.165) is 27.8 Å². The minimum absolute atomic E-state index is 0.164. The van der Waals surface area contributed by atoms with Gasteiger partial charge in [-0.05, 0) is 41.8 Å². The van der Waals surface area contributed by atoms with Crippen molar-refractivity contribution < 1.29 is 4.74 Å². The molecule has 0 aliphatic rings. The van der Waals surface area contributed by atoms with Crippen molar-refractivity contribution in [2.24, 2.45) is 0 Å². The zero-order valence-electron chi connectivity index (χ0n) is 13.1. The standard InChI is InChI=1S/C19H16Cl2N2O/c1-12(7-8-22)15-10-23-19-6-5-13(9-14(15)19)24-11-16-17(20)3-2-4-18(16)21/h2-6,9-10,12,23H,7,11H2,1H3. The van der Waals surface area contributed by atoms with Gasteiger partial charge in [0.1, 0.15) is 12.4 Å². The summed E-state index contributed by atoms with van der Waals surface area (Å²) in [4.78, 5) is 3.24. The molecule has 1 unspecified atom stereocenters. The second kappa shape index (κ2) is 7.17. The predicted octanol–water partition coefficient (Wildman–Crippen LogP) is 6.07. The van der Waals surface area contributed by atoms with E-state index in [2.05, 4.69) is 11.1 Å². The van der Waals surface area contributed by atoms with Crippen LogP contribution < -0.4 is 4.74 Å². The van der Waals surface area contributed by atoms with E-state index in [1.807, 2.05) is 37.4 Å². The molecule has 24 heavy (non-hydrogen) atoms. The summed E-state index contributed by atoms with van der Waals surface area (Å²) in [7, 11) is 0. The van der Waals surface area contributed by atoms with Gasteiger partial charge in [0, 0.05) is 39.1 Å². The number of halogens is 2. The van der Waals surface area contributed by atoms with E-state index < -0.39 is 0 Å². The topological polar surface area (TPSA) is 48.8 Å². The molecule has 1 N–H and O–H groups in total. The maximum atomic E-state index is 8.91. The Hall–Kier alpha value is -2.15. The van der Waals surface area contributed by atoms with Crippen LogP contribution in [0.1, 0.15) is 30.4 Å². The molecule has 0 saturated heterocycles. The fraction of sp³-hybridized carbons (Fsp3) is 0.211. The molecule has 0 spiro atoms. The number of ether oxygens (including phenoxy) is 1. The van der Waals surface area contributed by atoms with Gasteiger partial charge in [-0.15, -0.1) is 0 Å². The van der Waals surface area contributed by atoms with E-state index in [1.54, 1.807) is 12.1 Å². The summed E-state index contributed by atoms with van der Waals surface area (Å²) in [6, 6.07) is 13.5. The summed E-state index contributed by atoms with van der Waals surface area (Å²) >= 11 is 12.3. The maximum Gasteiger partial charge on any atom is 0.120 e. The number of aromatic nitrogens is 1. The molecule has 122 valence electrons. The van der Waals surface area contributed by atoms with Crippen LogP contribution in [0.15, 0.2) is 42.6 Å². The van der Waals surface area contributed by atoms with Gasteiger partial charge in [-0.1, -0.05) is 36.2 Å². The van der Waals surface area contributed by atoms with Crippen LogP contribution in [-0.4, -0.2) is 4.98 Å². The van der Waals surface area contributed by atoms with E-state index in [0.29, 0.717) is 23.1 Å². The summed E-state index contributed by atoms with van der Waals surface area (Å²) in [6.07, 6.45) is 2.44. The molecule has 0 bridgehead atoms. The third kappa shape index (κ3) is 3.36. The van der Waals surface area contributed by atoms with Crippen LogP contribution in [0, 0.1) is 11.3 Å². The first-order chi connectivity index (χ1) is 11.6. The summed E-state index contributed by atoms with van der Waals surface area (Å²) in [5.41, 5.74) is 2.92. The molecule has 0 aliphatic heterocycles. The van der Waals surface area contributed by atoms with E-state index >= 15 is 0 Å². The number of H-pyrrole nitrogens is 1. The van der Waals surface area contributed by atoms with Gasteiger partial charge in [0.2, 0.25) is 0 Å². The van der Waals surface area contributed by atoms with Crippen molar-refractivity contribution in [1.82, 2.24) is 4.98 Å². The lowest BCUT2D eigenvalue weighted by molar-refractivity contribution is 0.307. The first-order valence-electron chi connectivity index (χ1n) is 7.64. The van der Waals surface area contributed by atoms with Crippen LogP contribution in [0.5, 0.6) is 5.75 Å². The predicted molar refractivity (Wildman–Crippen MR) is 97.7 cm³/mol. The molecule has 2 aromatic carbocycles. The molecule has 3 rings (SSSR count). The lowest BCUT2D eigenvalue weighted by Crippen LogP contribution is -1.97.